The third-order valence-corrected chi connectivity index (χ3v) is 3.88. The number of benzene rings is 1. The van der Waals surface area contributed by atoms with Crippen molar-refractivity contribution in [3.63, 3.8) is 0 Å². The first kappa shape index (κ1) is 14.5. The van der Waals surface area contributed by atoms with E-state index in [0.717, 1.165) is 12.8 Å². The molecule has 0 spiro atoms. The van der Waals surface area contributed by atoms with Gasteiger partial charge in [0.25, 0.3) is 5.91 Å². The van der Waals surface area contributed by atoms with E-state index in [0.29, 0.717) is 24.0 Å². The summed E-state index contributed by atoms with van der Waals surface area (Å²) in [7, 11) is 0. The molecule has 1 saturated carbocycles. The van der Waals surface area contributed by atoms with Gasteiger partial charge >= 0.3 is 0 Å². The predicted octanol–water partition coefficient (Wildman–Crippen LogP) is 1.91. The molecular weight excluding hydrogens is 259 g/mol. The lowest BCUT2D eigenvalue weighted by Gasteiger charge is -2.27. The molecule has 2 rings (SSSR count). The molecule has 4 nitrogen and oxygen atoms in total. The summed E-state index contributed by atoms with van der Waals surface area (Å²) in [4.78, 5) is 23.1. The number of hydrogen-bond donors (Lipinski definition) is 2. The molecule has 108 valence electrons. The molecule has 1 aromatic rings. The Morgan fingerprint density at radius 2 is 1.90 bits per heavy atom. The highest BCUT2D eigenvalue weighted by Crippen LogP contribution is 2.24. The fourth-order valence-electron chi connectivity index (χ4n) is 2.58. The third kappa shape index (κ3) is 3.35. The monoisotopic (exact) mass is 278 g/mol. The minimum Gasteiger partial charge on any atom is -0.369 e. The summed E-state index contributed by atoms with van der Waals surface area (Å²) in [6.07, 6.45) is 2.92. The minimum atomic E-state index is -0.316. The minimum absolute atomic E-state index is 0.0588. The number of nitrogens with one attached hydrogen (secondary N) is 1. The van der Waals surface area contributed by atoms with Crippen LogP contribution in [0.15, 0.2) is 18.2 Å². The summed E-state index contributed by atoms with van der Waals surface area (Å²) in [5, 5.41) is 2.93. The number of amides is 2. The average molecular weight is 278 g/mol. The Labute approximate surface area is 117 Å². The van der Waals surface area contributed by atoms with E-state index in [-0.39, 0.29) is 29.6 Å². The lowest BCUT2D eigenvalue weighted by molar-refractivity contribution is -0.122. The normalized spacial score (nSPS) is 22.3. The Bertz CT molecular complexity index is 523. The average Bonchev–Trinajstić information content (AvgIpc) is 2.42. The fourth-order valence-corrected chi connectivity index (χ4v) is 2.58. The van der Waals surface area contributed by atoms with E-state index in [9.17, 15) is 14.0 Å². The summed E-state index contributed by atoms with van der Waals surface area (Å²) < 4.78 is 13.2. The Morgan fingerprint density at radius 3 is 2.45 bits per heavy atom. The van der Waals surface area contributed by atoms with Crippen molar-refractivity contribution in [2.75, 3.05) is 0 Å². The molecule has 1 aromatic carbocycles. The smallest absolute Gasteiger partial charge is 0.251 e. The first-order chi connectivity index (χ1) is 9.47. The molecule has 0 radical (unpaired) electrons. The number of primary amides is 1. The van der Waals surface area contributed by atoms with Crippen molar-refractivity contribution in [3.05, 3.63) is 35.1 Å². The zero-order valence-corrected chi connectivity index (χ0v) is 11.5. The van der Waals surface area contributed by atoms with Crippen LogP contribution in [0.3, 0.4) is 0 Å². The van der Waals surface area contributed by atoms with E-state index in [1.54, 1.807) is 13.0 Å². The van der Waals surface area contributed by atoms with Crippen LogP contribution >= 0.6 is 0 Å². The fraction of sp³-hybridized carbons (Fsp3) is 0.467. The maximum Gasteiger partial charge on any atom is 0.251 e. The van der Waals surface area contributed by atoms with Crippen molar-refractivity contribution in [1.29, 1.82) is 0 Å². The first-order valence-electron chi connectivity index (χ1n) is 6.83. The summed E-state index contributed by atoms with van der Waals surface area (Å²) in [5.41, 5.74) is 6.19. The highest BCUT2D eigenvalue weighted by atomic mass is 19.1. The lowest BCUT2D eigenvalue weighted by atomic mass is 9.85. The van der Waals surface area contributed by atoms with Crippen LogP contribution < -0.4 is 11.1 Å². The summed E-state index contributed by atoms with van der Waals surface area (Å²) in [6.45, 7) is 1.63. The van der Waals surface area contributed by atoms with E-state index in [1.165, 1.54) is 12.1 Å². The van der Waals surface area contributed by atoms with Gasteiger partial charge in [0.2, 0.25) is 5.91 Å². The van der Waals surface area contributed by atoms with Crippen LogP contribution in [0.2, 0.25) is 0 Å². The van der Waals surface area contributed by atoms with Gasteiger partial charge in [0, 0.05) is 17.5 Å². The maximum atomic E-state index is 13.2. The largest absolute Gasteiger partial charge is 0.369 e. The summed E-state index contributed by atoms with van der Waals surface area (Å²) in [5.74, 6) is -0.848. The first-order valence-corrected chi connectivity index (χ1v) is 6.83. The van der Waals surface area contributed by atoms with Gasteiger partial charge in [0.05, 0.1) is 0 Å². The molecule has 0 atom stereocenters. The number of halogens is 1. The quantitative estimate of drug-likeness (QED) is 0.886. The van der Waals surface area contributed by atoms with Gasteiger partial charge < -0.3 is 11.1 Å². The van der Waals surface area contributed by atoms with Gasteiger partial charge in [-0.05, 0) is 56.4 Å². The predicted molar refractivity (Wildman–Crippen MR) is 73.5 cm³/mol. The van der Waals surface area contributed by atoms with E-state index in [4.69, 9.17) is 5.73 Å². The Kier molecular flexibility index (Phi) is 4.37. The second kappa shape index (κ2) is 6.03. The van der Waals surface area contributed by atoms with Crippen LogP contribution in [0, 0.1) is 18.7 Å². The van der Waals surface area contributed by atoms with Gasteiger partial charge in [0.15, 0.2) is 0 Å². The number of carbonyl (C=O) groups excluding carboxylic acids is 2. The number of hydrogen-bond acceptors (Lipinski definition) is 2. The van der Waals surface area contributed by atoms with E-state index >= 15 is 0 Å². The second-order valence-electron chi connectivity index (χ2n) is 5.39. The van der Waals surface area contributed by atoms with Gasteiger partial charge in [-0.15, -0.1) is 0 Å². The molecule has 1 aliphatic carbocycles. The lowest BCUT2D eigenvalue weighted by Crippen LogP contribution is -2.39. The third-order valence-electron chi connectivity index (χ3n) is 3.88. The van der Waals surface area contributed by atoms with Crippen molar-refractivity contribution in [2.24, 2.45) is 11.7 Å². The number of carbonyl (C=O) groups is 2. The van der Waals surface area contributed by atoms with Gasteiger partial charge in [-0.1, -0.05) is 0 Å². The molecule has 0 aromatic heterocycles. The summed E-state index contributed by atoms with van der Waals surface area (Å²) in [6, 6.07) is 4.38. The van der Waals surface area contributed by atoms with Crippen molar-refractivity contribution < 1.29 is 14.0 Å². The molecule has 1 fully saturated rings. The van der Waals surface area contributed by atoms with Crippen LogP contribution in [-0.2, 0) is 4.79 Å². The molecular formula is C15H19FN2O2. The number of aryl methyl sites for hydroxylation is 1. The molecule has 5 heteroatoms. The van der Waals surface area contributed by atoms with Gasteiger partial charge in [-0.3, -0.25) is 9.59 Å². The topological polar surface area (TPSA) is 72.2 Å². The summed E-state index contributed by atoms with van der Waals surface area (Å²) >= 11 is 0. The molecule has 3 N–H and O–H groups in total. The molecule has 1 aliphatic rings. The van der Waals surface area contributed by atoms with Crippen molar-refractivity contribution in [2.45, 2.75) is 38.6 Å². The van der Waals surface area contributed by atoms with Gasteiger partial charge in [-0.25, -0.2) is 4.39 Å². The molecule has 0 unspecified atom stereocenters. The molecule has 0 saturated heterocycles. The van der Waals surface area contributed by atoms with E-state index < -0.39 is 0 Å². The van der Waals surface area contributed by atoms with Crippen LogP contribution in [0.1, 0.15) is 41.6 Å². The number of rotatable bonds is 3. The molecule has 0 heterocycles. The van der Waals surface area contributed by atoms with Crippen LogP contribution in [0.25, 0.3) is 0 Å². The standard InChI is InChI=1S/C15H19FN2O2/c1-9-8-11(4-7-13(9)16)15(20)18-12-5-2-10(3-6-12)14(17)19/h4,7-8,10,12H,2-3,5-6H2,1H3,(H2,17,19)(H,18,20). The van der Waals surface area contributed by atoms with Crippen LogP contribution in [0.5, 0.6) is 0 Å². The van der Waals surface area contributed by atoms with Crippen molar-refractivity contribution >= 4 is 11.8 Å². The van der Waals surface area contributed by atoms with Crippen LogP contribution in [0.4, 0.5) is 4.39 Å². The van der Waals surface area contributed by atoms with Gasteiger partial charge in [0.1, 0.15) is 5.82 Å². The Hall–Kier alpha value is -1.91. The Morgan fingerprint density at radius 1 is 1.25 bits per heavy atom. The highest BCUT2D eigenvalue weighted by Gasteiger charge is 2.25. The SMILES string of the molecule is Cc1cc(C(=O)NC2CCC(C(N)=O)CC2)ccc1F. The molecule has 0 aliphatic heterocycles. The molecule has 0 bridgehead atoms. The van der Waals surface area contributed by atoms with Crippen molar-refractivity contribution in [3.8, 4) is 0 Å². The highest BCUT2D eigenvalue weighted by molar-refractivity contribution is 5.94. The molecule has 2 amide bonds. The van der Waals surface area contributed by atoms with Crippen LogP contribution in [-0.4, -0.2) is 17.9 Å². The zero-order valence-electron chi connectivity index (χ0n) is 11.5. The Balaban J connectivity index is 1.92. The van der Waals surface area contributed by atoms with E-state index in [1.807, 2.05) is 0 Å². The molecule has 20 heavy (non-hydrogen) atoms. The maximum absolute atomic E-state index is 13.2. The zero-order chi connectivity index (χ0) is 14.7. The van der Waals surface area contributed by atoms with Crippen molar-refractivity contribution in [1.82, 2.24) is 5.32 Å². The second-order valence-corrected chi connectivity index (χ2v) is 5.39. The van der Waals surface area contributed by atoms with Gasteiger partial charge in [-0.2, -0.15) is 0 Å². The van der Waals surface area contributed by atoms with E-state index in [2.05, 4.69) is 5.32 Å². The number of nitrogens with two attached hydrogens (primary N) is 1.